The molecule has 1 fully saturated rings. The Morgan fingerprint density at radius 1 is 1.11 bits per heavy atom. The van der Waals surface area contributed by atoms with Gasteiger partial charge in [0, 0.05) is 17.8 Å². The predicted octanol–water partition coefficient (Wildman–Crippen LogP) is 4.40. The van der Waals surface area contributed by atoms with Crippen LogP contribution < -0.4 is 5.32 Å². The molecule has 0 unspecified atom stereocenters. The molecule has 19 heavy (non-hydrogen) atoms. The monoisotopic (exact) mass is 275 g/mol. The summed E-state index contributed by atoms with van der Waals surface area (Å²) >= 11 is 1.80. The van der Waals surface area contributed by atoms with Crippen LogP contribution in [0.3, 0.4) is 0 Å². The Morgan fingerprint density at radius 3 is 2.53 bits per heavy atom. The van der Waals surface area contributed by atoms with Gasteiger partial charge in [0.15, 0.2) is 0 Å². The van der Waals surface area contributed by atoms with E-state index in [4.69, 9.17) is 9.97 Å². The Kier molecular flexibility index (Phi) is 3.44. The molecule has 0 aromatic carbocycles. The molecule has 3 nitrogen and oxygen atoms in total. The van der Waals surface area contributed by atoms with Gasteiger partial charge in [-0.2, -0.15) is 0 Å². The first-order chi connectivity index (χ1) is 9.20. The Balaban J connectivity index is 2.11. The van der Waals surface area contributed by atoms with Crippen LogP contribution in [0, 0.1) is 13.8 Å². The first-order valence-electron chi connectivity index (χ1n) is 7.16. The molecule has 0 spiro atoms. The van der Waals surface area contributed by atoms with Gasteiger partial charge in [0.2, 0.25) is 0 Å². The zero-order valence-corrected chi connectivity index (χ0v) is 12.7. The van der Waals surface area contributed by atoms with Gasteiger partial charge in [0.1, 0.15) is 16.5 Å². The van der Waals surface area contributed by atoms with E-state index in [1.807, 2.05) is 7.05 Å². The minimum Gasteiger partial charge on any atom is -0.372 e. The Morgan fingerprint density at radius 2 is 1.84 bits per heavy atom. The number of aromatic nitrogens is 2. The Bertz CT molecular complexity index is 597. The van der Waals surface area contributed by atoms with Gasteiger partial charge in [-0.25, -0.2) is 9.97 Å². The van der Waals surface area contributed by atoms with Crippen molar-refractivity contribution in [3.8, 4) is 0 Å². The summed E-state index contributed by atoms with van der Waals surface area (Å²) in [5, 5.41) is 4.47. The van der Waals surface area contributed by atoms with E-state index in [0.29, 0.717) is 5.92 Å². The second-order valence-electron chi connectivity index (χ2n) is 5.48. The Labute approximate surface area is 118 Å². The fourth-order valence-corrected chi connectivity index (χ4v) is 4.03. The standard InChI is InChI=1S/C15H21N3S/c1-9-10(2)19-15-12(9)14(16-3)17-13(18-15)11-7-5-4-6-8-11/h11H,4-8H2,1-3H3,(H,16,17,18). The SMILES string of the molecule is CNc1nc(C2CCCCC2)nc2sc(C)c(C)c12. The van der Waals surface area contributed by atoms with Crippen LogP contribution in [0.25, 0.3) is 10.2 Å². The van der Waals surface area contributed by atoms with Gasteiger partial charge in [0.05, 0.1) is 5.39 Å². The fourth-order valence-electron chi connectivity index (χ4n) is 2.99. The molecule has 0 aliphatic heterocycles. The van der Waals surface area contributed by atoms with E-state index in [-0.39, 0.29) is 0 Å². The molecule has 2 aromatic rings. The smallest absolute Gasteiger partial charge is 0.138 e. The van der Waals surface area contributed by atoms with Gasteiger partial charge in [-0.15, -0.1) is 11.3 Å². The van der Waals surface area contributed by atoms with Crippen LogP contribution in [0.15, 0.2) is 0 Å². The molecule has 4 heteroatoms. The lowest BCUT2D eigenvalue weighted by molar-refractivity contribution is 0.430. The van der Waals surface area contributed by atoms with Crippen LogP contribution in [0.1, 0.15) is 54.3 Å². The highest BCUT2D eigenvalue weighted by molar-refractivity contribution is 7.18. The number of anilines is 1. The summed E-state index contributed by atoms with van der Waals surface area (Å²) in [6, 6.07) is 0. The summed E-state index contributed by atoms with van der Waals surface area (Å²) in [7, 11) is 1.96. The molecule has 0 amide bonds. The molecule has 0 radical (unpaired) electrons. The van der Waals surface area contributed by atoms with Crippen molar-refractivity contribution in [2.75, 3.05) is 12.4 Å². The van der Waals surface area contributed by atoms with E-state index < -0.39 is 0 Å². The number of hydrogen-bond donors (Lipinski definition) is 1. The number of nitrogens with zero attached hydrogens (tertiary/aromatic N) is 2. The molecule has 1 saturated carbocycles. The zero-order chi connectivity index (χ0) is 13.4. The summed E-state index contributed by atoms with van der Waals surface area (Å²) in [5.74, 6) is 2.62. The number of hydrogen-bond acceptors (Lipinski definition) is 4. The quantitative estimate of drug-likeness (QED) is 0.883. The minimum atomic E-state index is 0.563. The number of aryl methyl sites for hydroxylation is 2. The number of thiophene rings is 1. The third-order valence-electron chi connectivity index (χ3n) is 4.25. The maximum atomic E-state index is 4.86. The van der Waals surface area contributed by atoms with Gasteiger partial charge < -0.3 is 5.32 Å². The lowest BCUT2D eigenvalue weighted by Crippen LogP contribution is -2.10. The normalized spacial score (nSPS) is 17.0. The molecule has 2 heterocycles. The van der Waals surface area contributed by atoms with E-state index >= 15 is 0 Å². The second-order valence-corrected chi connectivity index (χ2v) is 6.68. The van der Waals surface area contributed by atoms with E-state index in [2.05, 4.69) is 19.2 Å². The van der Waals surface area contributed by atoms with Crippen molar-refractivity contribution < 1.29 is 0 Å². The van der Waals surface area contributed by atoms with E-state index in [0.717, 1.165) is 16.5 Å². The second kappa shape index (κ2) is 5.08. The molecule has 0 saturated heterocycles. The zero-order valence-electron chi connectivity index (χ0n) is 11.9. The topological polar surface area (TPSA) is 37.8 Å². The van der Waals surface area contributed by atoms with Crippen molar-refractivity contribution in [2.45, 2.75) is 51.9 Å². The van der Waals surface area contributed by atoms with Gasteiger partial charge in [0.25, 0.3) is 0 Å². The van der Waals surface area contributed by atoms with Gasteiger partial charge in [-0.05, 0) is 32.3 Å². The first kappa shape index (κ1) is 12.9. The van der Waals surface area contributed by atoms with Crippen molar-refractivity contribution in [3.63, 3.8) is 0 Å². The summed E-state index contributed by atoms with van der Waals surface area (Å²) < 4.78 is 0. The number of rotatable bonds is 2. The maximum absolute atomic E-state index is 4.86. The van der Waals surface area contributed by atoms with Gasteiger partial charge in [-0.1, -0.05) is 19.3 Å². The largest absolute Gasteiger partial charge is 0.372 e. The fraction of sp³-hybridized carbons (Fsp3) is 0.600. The average Bonchev–Trinajstić information content (AvgIpc) is 2.74. The summed E-state index contributed by atoms with van der Waals surface area (Å²) in [5.41, 5.74) is 1.32. The molecule has 0 bridgehead atoms. The van der Waals surface area contributed by atoms with Crippen molar-refractivity contribution in [3.05, 3.63) is 16.3 Å². The molecular formula is C15H21N3S. The van der Waals surface area contributed by atoms with E-state index in [1.54, 1.807) is 11.3 Å². The number of nitrogens with one attached hydrogen (secondary N) is 1. The van der Waals surface area contributed by atoms with Crippen molar-refractivity contribution in [1.29, 1.82) is 0 Å². The average molecular weight is 275 g/mol. The van der Waals surface area contributed by atoms with Crippen LogP contribution >= 0.6 is 11.3 Å². The first-order valence-corrected chi connectivity index (χ1v) is 7.97. The van der Waals surface area contributed by atoms with Crippen LogP contribution in [0.4, 0.5) is 5.82 Å². The van der Waals surface area contributed by atoms with E-state index in [1.165, 1.54) is 47.9 Å². The molecule has 1 aliphatic rings. The van der Waals surface area contributed by atoms with Gasteiger partial charge >= 0.3 is 0 Å². The lowest BCUT2D eigenvalue weighted by Gasteiger charge is -2.20. The van der Waals surface area contributed by atoms with Crippen LogP contribution in [-0.2, 0) is 0 Å². The van der Waals surface area contributed by atoms with E-state index in [9.17, 15) is 0 Å². The summed E-state index contributed by atoms with van der Waals surface area (Å²) in [6.07, 6.45) is 6.51. The van der Waals surface area contributed by atoms with Crippen LogP contribution in [0.2, 0.25) is 0 Å². The molecule has 1 aliphatic carbocycles. The van der Waals surface area contributed by atoms with Gasteiger partial charge in [-0.3, -0.25) is 0 Å². The van der Waals surface area contributed by atoms with Crippen LogP contribution in [-0.4, -0.2) is 17.0 Å². The molecule has 1 N–H and O–H groups in total. The predicted molar refractivity (Wildman–Crippen MR) is 82.3 cm³/mol. The highest BCUT2D eigenvalue weighted by Gasteiger charge is 2.21. The summed E-state index contributed by atoms with van der Waals surface area (Å²) in [4.78, 5) is 12.2. The maximum Gasteiger partial charge on any atom is 0.138 e. The minimum absolute atomic E-state index is 0.563. The van der Waals surface area contributed by atoms with Crippen LogP contribution in [0.5, 0.6) is 0 Å². The molecule has 102 valence electrons. The molecule has 0 atom stereocenters. The molecule has 3 rings (SSSR count). The third-order valence-corrected chi connectivity index (χ3v) is 5.35. The van der Waals surface area contributed by atoms with Crippen molar-refractivity contribution in [1.82, 2.24) is 9.97 Å². The third kappa shape index (κ3) is 2.22. The lowest BCUT2D eigenvalue weighted by atomic mass is 9.88. The highest BCUT2D eigenvalue weighted by atomic mass is 32.1. The Hall–Kier alpha value is -1.16. The molecular weight excluding hydrogens is 254 g/mol. The van der Waals surface area contributed by atoms with Crippen molar-refractivity contribution >= 4 is 27.4 Å². The number of fused-ring (bicyclic) bond motifs is 1. The molecule has 2 aromatic heterocycles. The van der Waals surface area contributed by atoms with Crippen molar-refractivity contribution in [2.24, 2.45) is 0 Å². The summed E-state index contributed by atoms with van der Waals surface area (Å²) in [6.45, 7) is 4.33. The highest BCUT2D eigenvalue weighted by Crippen LogP contribution is 2.37.